The topological polar surface area (TPSA) is 44.3 Å². The molecule has 1 fully saturated rings. The van der Waals surface area contributed by atoms with Crippen molar-refractivity contribution in [2.45, 2.75) is 64.0 Å². The normalized spacial score (nSPS) is 26.1. The van der Waals surface area contributed by atoms with Gasteiger partial charge in [0, 0.05) is 6.04 Å². The molecule has 0 bridgehead atoms. The molecule has 0 amide bonds. The fraction of sp³-hybridized carbons (Fsp3) is 1.00. The zero-order chi connectivity index (χ0) is 11.9. The minimum atomic E-state index is -0.564. The Morgan fingerprint density at radius 1 is 1.31 bits per heavy atom. The average molecular weight is 228 g/mol. The van der Waals surface area contributed by atoms with Crippen LogP contribution in [0, 0.1) is 0 Å². The summed E-state index contributed by atoms with van der Waals surface area (Å²) in [6, 6.07) is 0.276. The smallest absolute Gasteiger partial charge is 0.0784 e. The number of nitrogens with one attached hydrogen (secondary N) is 2. The van der Waals surface area contributed by atoms with Gasteiger partial charge in [-0.15, -0.1) is 0 Å². The lowest BCUT2D eigenvalue weighted by molar-refractivity contribution is 0.0103. The molecule has 16 heavy (non-hydrogen) atoms. The Kier molecular flexibility index (Phi) is 6.32. The van der Waals surface area contributed by atoms with Crippen molar-refractivity contribution >= 4 is 0 Å². The van der Waals surface area contributed by atoms with Gasteiger partial charge in [-0.25, -0.2) is 0 Å². The molecule has 3 heteroatoms. The summed E-state index contributed by atoms with van der Waals surface area (Å²) < 4.78 is 0. The molecule has 1 saturated heterocycles. The first kappa shape index (κ1) is 13.9. The zero-order valence-corrected chi connectivity index (χ0v) is 10.9. The Labute approximate surface area is 100 Å². The molecule has 1 rings (SSSR count). The molecule has 1 heterocycles. The van der Waals surface area contributed by atoms with E-state index in [0.29, 0.717) is 0 Å². The highest BCUT2D eigenvalue weighted by molar-refractivity contribution is 4.89. The van der Waals surface area contributed by atoms with Crippen LogP contribution in [0.3, 0.4) is 0 Å². The van der Waals surface area contributed by atoms with Gasteiger partial charge in [-0.2, -0.15) is 0 Å². The lowest BCUT2D eigenvalue weighted by Crippen LogP contribution is -2.49. The Hall–Kier alpha value is -0.120. The Morgan fingerprint density at radius 3 is 2.88 bits per heavy atom. The summed E-state index contributed by atoms with van der Waals surface area (Å²) in [6.45, 7) is 7.16. The van der Waals surface area contributed by atoms with Crippen molar-refractivity contribution in [2.75, 3.05) is 19.6 Å². The Morgan fingerprint density at radius 2 is 2.12 bits per heavy atom. The Bertz CT molecular complexity index is 175. The summed E-state index contributed by atoms with van der Waals surface area (Å²) in [5.74, 6) is 0. The first-order valence-corrected chi connectivity index (χ1v) is 6.83. The van der Waals surface area contributed by atoms with Crippen LogP contribution in [0.25, 0.3) is 0 Å². The van der Waals surface area contributed by atoms with Crippen molar-refractivity contribution < 1.29 is 5.11 Å². The van der Waals surface area contributed by atoms with Crippen LogP contribution in [0.15, 0.2) is 0 Å². The maximum Gasteiger partial charge on any atom is 0.0784 e. The van der Waals surface area contributed by atoms with Gasteiger partial charge in [0.1, 0.15) is 0 Å². The van der Waals surface area contributed by atoms with E-state index in [2.05, 4.69) is 17.6 Å². The van der Waals surface area contributed by atoms with Gasteiger partial charge in [-0.05, 0) is 52.2 Å². The van der Waals surface area contributed by atoms with Crippen molar-refractivity contribution in [1.29, 1.82) is 0 Å². The maximum absolute atomic E-state index is 10.5. The first-order valence-electron chi connectivity index (χ1n) is 6.83. The molecule has 0 aromatic heterocycles. The van der Waals surface area contributed by atoms with Gasteiger partial charge in [-0.3, -0.25) is 0 Å². The van der Waals surface area contributed by atoms with E-state index < -0.39 is 5.60 Å². The van der Waals surface area contributed by atoms with Crippen LogP contribution >= 0.6 is 0 Å². The van der Waals surface area contributed by atoms with Crippen LogP contribution in [-0.2, 0) is 0 Å². The number of rotatable bonds is 6. The molecule has 0 aliphatic carbocycles. The minimum absolute atomic E-state index is 0.276. The summed E-state index contributed by atoms with van der Waals surface area (Å²) in [7, 11) is 0. The summed E-state index contributed by atoms with van der Waals surface area (Å²) in [5.41, 5.74) is -0.564. The molecule has 1 aliphatic rings. The summed E-state index contributed by atoms with van der Waals surface area (Å²) in [5, 5.41) is 17.3. The van der Waals surface area contributed by atoms with E-state index in [9.17, 15) is 5.11 Å². The van der Waals surface area contributed by atoms with Crippen LogP contribution in [0.5, 0.6) is 0 Å². The van der Waals surface area contributed by atoms with E-state index in [0.717, 1.165) is 38.9 Å². The predicted molar refractivity (Wildman–Crippen MR) is 68.7 cm³/mol. The molecule has 2 atom stereocenters. The fourth-order valence-electron chi connectivity index (χ4n) is 2.38. The van der Waals surface area contributed by atoms with Gasteiger partial charge < -0.3 is 15.7 Å². The Balaban J connectivity index is 2.29. The van der Waals surface area contributed by atoms with Crippen molar-refractivity contribution in [3.05, 3.63) is 0 Å². The maximum atomic E-state index is 10.5. The highest BCUT2D eigenvalue weighted by Crippen LogP contribution is 2.21. The second-order valence-electron chi connectivity index (χ2n) is 5.21. The average Bonchev–Trinajstić information content (AvgIpc) is 2.53. The van der Waals surface area contributed by atoms with Gasteiger partial charge in [0.05, 0.1) is 5.60 Å². The third kappa shape index (κ3) is 4.81. The van der Waals surface area contributed by atoms with E-state index in [4.69, 9.17) is 0 Å². The number of hydrogen-bond donors (Lipinski definition) is 3. The van der Waals surface area contributed by atoms with Gasteiger partial charge in [0.25, 0.3) is 0 Å². The molecule has 0 spiro atoms. The predicted octanol–water partition coefficient (Wildman–Crippen LogP) is 1.66. The standard InChI is InChI=1S/C13H28N2O/c1-3-9-14-11-8-13(2,16)12-7-5-4-6-10-15-12/h12,14-16H,3-11H2,1-2H3. The summed E-state index contributed by atoms with van der Waals surface area (Å²) >= 11 is 0. The fourth-order valence-corrected chi connectivity index (χ4v) is 2.38. The molecule has 3 N–H and O–H groups in total. The lowest BCUT2D eigenvalue weighted by atomic mass is 9.89. The molecule has 0 aromatic carbocycles. The van der Waals surface area contributed by atoms with Gasteiger partial charge in [0.2, 0.25) is 0 Å². The monoisotopic (exact) mass is 228 g/mol. The molecule has 3 nitrogen and oxygen atoms in total. The molecule has 0 aromatic rings. The number of hydrogen-bond acceptors (Lipinski definition) is 3. The molecule has 0 radical (unpaired) electrons. The second kappa shape index (κ2) is 7.25. The zero-order valence-electron chi connectivity index (χ0n) is 10.9. The molecular weight excluding hydrogens is 200 g/mol. The minimum Gasteiger partial charge on any atom is -0.389 e. The molecule has 96 valence electrons. The van der Waals surface area contributed by atoms with Crippen LogP contribution in [0.1, 0.15) is 52.4 Å². The van der Waals surface area contributed by atoms with E-state index in [1.165, 1.54) is 19.3 Å². The van der Waals surface area contributed by atoms with Gasteiger partial charge in [0.15, 0.2) is 0 Å². The highest BCUT2D eigenvalue weighted by atomic mass is 16.3. The van der Waals surface area contributed by atoms with Gasteiger partial charge >= 0.3 is 0 Å². The van der Waals surface area contributed by atoms with Crippen LogP contribution in [0.4, 0.5) is 0 Å². The highest BCUT2D eigenvalue weighted by Gasteiger charge is 2.31. The van der Waals surface area contributed by atoms with Gasteiger partial charge in [-0.1, -0.05) is 19.8 Å². The van der Waals surface area contributed by atoms with Crippen molar-refractivity contribution in [3.8, 4) is 0 Å². The third-order valence-electron chi connectivity index (χ3n) is 3.55. The lowest BCUT2D eigenvalue weighted by Gasteiger charge is -2.33. The SMILES string of the molecule is CCCNCCC(C)(O)C1CCCCCN1. The van der Waals surface area contributed by atoms with Crippen molar-refractivity contribution in [3.63, 3.8) is 0 Å². The quantitative estimate of drug-likeness (QED) is 0.606. The van der Waals surface area contributed by atoms with Crippen LogP contribution in [-0.4, -0.2) is 36.4 Å². The van der Waals surface area contributed by atoms with E-state index in [-0.39, 0.29) is 6.04 Å². The first-order chi connectivity index (χ1) is 7.67. The molecule has 2 unspecified atom stereocenters. The van der Waals surface area contributed by atoms with Crippen molar-refractivity contribution in [2.24, 2.45) is 0 Å². The molecule has 1 aliphatic heterocycles. The van der Waals surface area contributed by atoms with Crippen LogP contribution in [0.2, 0.25) is 0 Å². The second-order valence-corrected chi connectivity index (χ2v) is 5.21. The third-order valence-corrected chi connectivity index (χ3v) is 3.55. The molecule has 0 saturated carbocycles. The van der Waals surface area contributed by atoms with Crippen molar-refractivity contribution in [1.82, 2.24) is 10.6 Å². The van der Waals surface area contributed by atoms with E-state index >= 15 is 0 Å². The van der Waals surface area contributed by atoms with E-state index in [1.807, 2.05) is 6.92 Å². The molecular formula is C13H28N2O. The van der Waals surface area contributed by atoms with Crippen LogP contribution < -0.4 is 10.6 Å². The number of aliphatic hydroxyl groups is 1. The summed E-state index contributed by atoms with van der Waals surface area (Å²) in [6.07, 6.45) is 6.90. The largest absolute Gasteiger partial charge is 0.389 e. The van der Waals surface area contributed by atoms with E-state index in [1.54, 1.807) is 0 Å². The summed E-state index contributed by atoms with van der Waals surface area (Å²) in [4.78, 5) is 0.